The quantitative estimate of drug-likeness (QED) is 0.851. The van der Waals surface area contributed by atoms with Crippen LogP contribution in [0.3, 0.4) is 0 Å². The molecule has 0 fully saturated rings. The van der Waals surface area contributed by atoms with Crippen LogP contribution in [0.4, 0.5) is 0 Å². The van der Waals surface area contributed by atoms with Gasteiger partial charge < -0.3 is 9.84 Å². The van der Waals surface area contributed by atoms with Gasteiger partial charge in [0.1, 0.15) is 11.4 Å². The summed E-state index contributed by atoms with van der Waals surface area (Å²) in [6.07, 6.45) is 0.778. The van der Waals surface area contributed by atoms with Crippen LogP contribution in [-0.4, -0.2) is 36.3 Å². The molecule has 3 nitrogen and oxygen atoms in total. The van der Waals surface area contributed by atoms with Gasteiger partial charge in [-0.2, -0.15) is 0 Å². The Morgan fingerprint density at radius 1 is 1.29 bits per heavy atom. The summed E-state index contributed by atoms with van der Waals surface area (Å²) in [5.74, 6) is 0.881. The van der Waals surface area contributed by atoms with Crippen molar-refractivity contribution in [1.29, 1.82) is 0 Å². The van der Waals surface area contributed by atoms with Crippen LogP contribution in [0.25, 0.3) is 0 Å². The molecule has 1 aliphatic heterocycles. The third kappa shape index (κ3) is 1.94. The summed E-state index contributed by atoms with van der Waals surface area (Å²) in [6.45, 7) is 4.23. The van der Waals surface area contributed by atoms with Gasteiger partial charge in [0.25, 0.3) is 0 Å². The maximum Gasteiger partial charge on any atom is 0.125 e. The molecule has 0 saturated heterocycles. The Morgan fingerprint density at radius 3 is 2.53 bits per heavy atom. The third-order valence-electron chi connectivity index (χ3n) is 3.61. The third-order valence-corrected chi connectivity index (χ3v) is 3.61. The lowest BCUT2D eigenvalue weighted by Gasteiger charge is -2.48. The number of hydrogen-bond acceptors (Lipinski definition) is 3. The molecule has 0 aliphatic carbocycles. The number of nitrogens with zero attached hydrogens (tertiary/aromatic N) is 1. The van der Waals surface area contributed by atoms with Gasteiger partial charge in [-0.1, -0.05) is 18.2 Å². The van der Waals surface area contributed by atoms with E-state index in [-0.39, 0.29) is 17.7 Å². The number of aliphatic hydroxyl groups is 1. The predicted molar refractivity (Wildman–Crippen MR) is 68.2 cm³/mol. The van der Waals surface area contributed by atoms with Crippen LogP contribution in [0, 0.1) is 0 Å². The molecule has 2 rings (SSSR count). The lowest BCUT2D eigenvalue weighted by molar-refractivity contribution is -0.0373. The molecule has 1 atom stereocenters. The minimum atomic E-state index is -0.349. The lowest BCUT2D eigenvalue weighted by atomic mass is 9.77. The molecule has 1 aromatic carbocycles. The molecule has 17 heavy (non-hydrogen) atoms. The van der Waals surface area contributed by atoms with Gasteiger partial charge >= 0.3 is 0 Å². The van der Waals surface area contributed by atoms with E-state index in [4.69, 9.17) is 4.74 Å². The Morgan fingerprint density at radius 2 is 1.94 bits per heavy atom. The Balaban J connectivity index is 2.60. The highest BCUT2D eigenvalue weighted by Gasteiger charge is 2.46. The van der Waals surface area contributed by atoms with Gasteiger partial charge in [0.05, 0.1) is 12.1 Å². The first kappa shape index (κ1) is 12.4. The van der Waals surface area contributed by atoms with Crippen LogP contribution in [0.5, 0.6) is 5.75 Å². The molecule has 0 spiro atoms. The Labute approximate surface area is 103 Å². The average Bonchev–Trinajstić information content (AvgIpc) is 2.26. The van der Waals surface area contributed by atoms with Crippen molar-refractivity contribution in [2.45, 2.75) is 31.4 Å². The number of rotatable bonds is 2. The summed E-state index contributed by atoms with van der Waals surface area (Å²) in [5.41, 5.74) is 0.464. The van der Waals surface area contributed by atoms with Crippen LogP contribution >= 0.6 is 0 Å². The van der Waals surface area contributed by atoms with Crippen molar-refractivity contribution >= 4 is 0 Å². The van der Waals surface area contributed by atoms with Crippen molar-refractivity contribution in [3.8, 4) is 5.75 Å². The van der Waals surface area contributed by atoms with Crippen LogP contribution in [0.1, 0.15) is 25.8 Å². The Hall–Kier alpha value is -1.06. The van der Waals surface area contributed by atoms with Crippen molar-refractivity contribution in [1.82, 2.24) is 4.90 Å². The van der Waals surface area contributed by atoms with E-state index in [0.717, 1.165) is 17.7 Å². The number of para-hydroxylation sites is 1. The van der Waals surface area contributed by atoms with Gasteiger partial charge in [-0.05, 0) is 34.0 Å². The van der Waals surface area contributed by atoms with Gasteiger partial charge in [-0.25, -0.2) is 0 Å². The zero-order valence-electron chi connectivity index (χ0n) is 11.0. The average molecular weight is 235 g/mol. The Bertz CT molecular complexity index is 414. The second kappa shape index (κ2) is 4.00. The van der Waals surface area contributed by atoms with Crippen LogP contribution in [0.2, 0.25) is 0 Å². The second-order valence-corrected chi connectivity index (χ2v) is 5.62. The first-order valence-electron chi connectivity index (χ1n) is 5.98. The molecule has 1 N–H and O–H groups in total. The van der Waals surface area contributed by atoms with Gasteiger partial charge in [-0.3, -0.25) is 4.90 Å². The van der Waals surface area contributed by atoms with E-state index in [0.29, 0.717) is 0 Å². The molecule has 0 amide bonds. The number of hydrogen-bond donors (Lipinski definition) is 1. The van der Waals surface area contributed by atoms with Gasteiger partial charge in [-0.15, -0.1) is 0 Å². The van der Waals surface area contributed by atoms with Crippen molar-refractivity contribution in [2.75, 3.05) is 20.7 Å². The molecular formula is C14H21NO2. The molecule has 0 aromatic heterocycles. The summed E-state index contributed by atoms with van der Waals surface area (Å²) < 4.78 is 5.99. The van der Waals surface area contributed by atoms with E-state index in [1.54, 1.807) is 0 Å². The second-order valence-electron chi connectivity index (χ2n) is 5.62. The van der Waals surface area contributed by atoms with Crippen LogP contribution in [-0.2, 0) is 5.54 Å². The highest BCUT2D eigenvalue weighted by atomic mass is 16.5. The summed E-state index contributed by atoms with van der Waals surface area (Å²) >= 11 is 0. The summed E-state index contributed by atoms with van der Waals surface area (Å²) in [5, 5.41) is 9.89. The van der Waals surface area contributed by atoms with E-state index in [2.05, 4.69) is 18.7 Å². The molecule has 94 valence electrons. The van der Waals surface area contributed by atoms with E-state index in [1.807, 2.05) is 38.4 Å². The number of aliphatic hydroxyl groups excluding tert-OH is 1. The van der Waals surface area contributed by atoms with Crippen LogP contribution in [0.15, 0.2) is 24.3 Å². The number of likely N-dealkylation sites (N-methyl/N-ethyl adjacent to an activating group) is 1. The first-order chi connectivity index (χ1) is 7.91. The summed E-state index contributed by atoms with van der Waals surface area (Å²) in [4.78, 5) is 2.09. The fraction of sp³-hybridized carbons (Fsp3) is 0.571. The standard InChI is InChI=1S/C14H21NO2/c1-13(2)9-14(10-16,15(3)4)11-7-5-6-8-12(11)17-13/h5-8,16H,9-10H2,1-4H3. The molecule has 1 heterocycles. The maximum atomic E-state index is 9.89. The van der Waals surface area contributed by atoms with E-state index >= 15 is 0 Å². The van der Waals surface area contributed by atoms with Crippen molar-refractivity contribution in [3.05, 3.63) is 29.8 Å². The fourth-order valence-corrected chi connectivity index (χ4v) is 2.75. The van der Waals surface area contributed by atoms with Crippen molar-refractivity contribution in [2.24, 2.45) is 0 Å². The highest BCUT2D eigenvalue weighted by molar-refractivity contribution is 5.42. The summed E-state index contributed by atoms with van der Waals surface area (Å²) in [7, 11) is 4.02. The molecule has 0 bridgehead atoms. The molecule has 0 saturated carbocycles. The predicted octanol–water partition coefficient (Wildman–Crippen LogP) is 2.00. The fourth-order valence-electron chi connectivity index (χ4n) is 2.75. The Kier molecular flexibility index (Phi) is 2.92. The van der Waals surface area contributed by atoms with Crippen LogP contribution < -0.4 is 4.74 Å². The van der Waals surface area contributed by atoms with Gasteiger partial charge in [0, 0.05) is 12.0 Å². The largest absolute Gasteiger partial charge is 0.487 e. The topological polar surface area (TPSA) is 32.7 Å². The molecular weight excluding hydrogens is 214 g/mol. The number of ether oxygens (including phenoxy) is 1. The zero-order chi connectivity index (χ0) is 12.7. The molecule has 3 heteroatoms. The molecule has 1 aromatic rings. The SMILES string of the molecule is CN(C)C1(CO)CC(C)(C)Oc2ccccc21. The molecule has 1 aliphatic rings. The molecule has 0 radical (unpaired) electrons. The van der Waals surface area contributed by atoms with Gasteiger partial charge in [0.15, 0.2) is 0 Å². The maximum absolute atomic E-state index is 9.89. The minimum Gasteiger partial charge on any atom is -0.487 e. The number of fused-ring (bicyclic) bond motifs is 1. The molecule has 1 unspecified atom stereocenters. The first-order valence-corrected chi connectivity index (χ1v) is 5.98. The highest BCUT2D eigenvalue weighted by Crippen LogP contribution is 2.45. The summed E-state index contributed by atoms with van der Waals surface area (Å²) in [6, 6.07) is 7.98. The minimum absolute atomic E-state index is 0.101. The van der Waals surface area contributed by atoms with Crippen molar-refractivity contribution < 1.29 is 9.84 Å². The monoisotopic (exact) mass is 235 g/mol. The van der Waals surface area contributed by atoms with E-state index in [9.17, 15) is 5.11 Å². The normalized spacial score (nSPS) is 26.5. The smallest absolute Gasteiger partial charge is 0.125 e. The van der Waals surface area contributed by atoms with Crippen molar-refractivity contribution in [3.63, 3.8) is 0 Å². The van der Waals surface area contributed by atoms with Gasteiger partial charge in [0.2, 0.25) is 0 Å². The number of benzene rings is 1. The van der Waals surface area contributed by atoms with E-state index in [1.165, 1.54) is 0 Å². The van der Waals surface area contributed by atoms with E-state index < -0.39 is 0 Å². The zero-order valence-corrected chi connectivity index (χ0v) is 11.0. The lowest BCUT2D eigenvalue weighted by Crippen LogP contribution is -2.53.